The normalized spacial score (nSPS) is 24.4. The number of hydrogen-bond acceptors (Lipinski definition) is 0. The van der Waals surface area contributed by atoms with Gasteiger partial charge in [-0.1, -0.05) is 17.8 Å². The van der Waals surface area contributed by atoms with Crippen LogP contribution in [0, 0.1) is 5.92 Å². The lowest BCUT2D eigenvalue weighted by atomic mass is 9.97. The maximum absolute atomic E-state index is 5.70. The fraction of sp³-hybridized carbons (Fsp3) is 0.571. The largest absolute Gasteiger partial charge is 0.228 e. The van der Waals surface area contributed by atoms with Crippen molar-refractivity contribution in [3.05, 3.63) is 12.2 Å². The summed E-state index contributed by atoms with van der Waals surface area (Å²) in [6, 6.07) is 0. The Bertz CT molecular complexity index is 159. The molecule has 0 fully saturated rings. The van der Waals surface area contributed by atoms with Crippen LogP contribution in [-0.4, -0.2) is 12.7 Å². The summed E-state index contributed by atoms with van der Waals surface area (Å²) < 4.78 is 0. The second-order valence-corrected chi connectivity index (χ2v) is 6.44. The number of rotatable bonds is 1. The summed E-state index contributed by atoms with van der Waals surface area (Å²) >= 11 is 11.4. The van der Waals surface area contributed by atoms with Crippen LogP contribution in [-0.2, 0) is 0 Å². The number of allylic oxidation sites excluding steroid dienone is 2. The summed E-state index contributed by atoms with van der Waals surface area (Å²) in [5.41, 5.74) is 2.11. The van der Waals surface area contributed by atoms with Crippen molar-refractivity contribution in [1.29, 1.82) is 0 Å². The predicted octanol–water partition coefficient (Wildman–Crippen LogP) is 2.69. The average molecular weight is 193 g/mol. The van der Waals surface area contributed by atoms with Crippen molar-refractivity contribution in [2.24, 2.45) is 5.92 Å². The van der Waals surface area contributed by atoms with E-state index in [9.17, 15) is 0 Å². The van der Waals surface area contributed by atoms with Crippen molar-refractivity contribution in [3.63, 3.8) is 0 Å². The first-order chi connectivity index (χ1) is 4.79. The smallest absolute Gasteiger partial charge is 0.118 e. The highest BCUT2D eigenvalue weighted by molar-refractivity contribution is 7.34. The zero-order valence-electron chi connectivity index (χ0n) is 5.69. The molecule has 56 valence electrons. The van der Waals surface area contributed by atoms with Crippen LogP contribution in [0.15, 0.2) is 12.2 Å². The van der Waals surface area contributed by atoms with E-state index in [0.717, 1.165) is 6.42 Å². The first-order valence-corrected chi connectivity index (χ1v) is 7.07. The van der Waals surface area contributed by atoms with Crippen LogP contribution in [0.1, 0.15) is 19.3 Å². The van der Waals surface area contributed by atoms with E-state index in [1.165, 1.54) is 12.8 Å². The second kappa shape index (κ2) is 4.32. The fourth-order valence-corrected chi connectivity index (χ4v) is 2.87. The van der Waals surface area contributed by atoms with E-state index < -0.39 is 7.03 Å². The van der Waals surface area contributed by atoms with Crippen LogP contribution < -0.4 is 0 Å². The van der Waals surface area contributed by atoms with Crippen molar-refractivity contribution in [1.82, 2.24) is 0 Å². The van der Waals surface area contributed by atoms with Gasteiger partial charge in [-0.05, 0) is 25.2 Å². The highest BCUT2D eigenvalue weighted by Gasteiger charge is 2.06. The minimum Gasteiger partial charge on any atom is -0.118 e. The van der Waals surface area contributed by atoms with Crippen molar-refractivity contribution in [2.45, 2.75) is 19.3 Å². The number of halogens is 2. The van der Waals surface area contributed by atoms with Gasteiger partial charge in [0, 0.05) is 0 Å². The van der Waals surface area contributed by atoms with E-state index in [4.69, 9.17) is 22.2 Å². The molecule has 1 rings (SSSR count). The van der Waals surface area contributed by atoms with Crippen molar-refractivity contribution < 1.29 is 0 Å². The quantitative estimate of drug-likeness (QED) is 0.341. The number of hydrogen-bond donors (Lipinski definition) is 0. The molecule has 0 amide bonds. The molecular weight excluding hydrogens is 183 g/mol. The third-order valence-corrected chi connectivity index (χ3v) is 3.15. The molecule has 0 nitrogen and oxygen atoms in total. The Balaban J connectivity index is 2.42. The molecule has 10 heavy (non-hydrogen) atoms. The molecule has 0 aliphatic heterocycles. The van der Waals surface area contributed by atoms with E-state index in [1.54, 1.807) is 0 Å². The molecule has 0 saturated heterocycles. The highest BCUT2D eigenvalue weighted by atomic mass is 35.7. The monoisotopic (exact) mass is 192 g/mol. The van der Waals surface area contributed by atoms with Crippen LogP contribution in [0.25, 0.3) is 0 Å². The molecule has 0 heterocycles. The lowest BCUT2D eigenvalue weighted by Gasteiger charge is -2.12. The zero-order chi connectivity index (χ0) is 7.40. The van der Waals surface area contributed by atoms with Gasteiger partial charge in [-0.3, -0.25) is 0 Å². The third-order valence-electron chi connectivity index (χ3n) is 1.67. The summed E-state index contributed by atoms with van der Waals surface area (Å²) in [6.45, 7) is 0. The van der Waals surface area contributed by atoms with Gasteiger partial charge in [0.2, 0.25) is 7.03 Å². The summed E-state index contributed by atoms with van der Waals surface area (Å²) in [5.74, 6) is 0.647. The Kier molecular flexibility index (Phi) is 3.67. The maximum atomic E-state index is 5.70. The van der Waals surface area contributed by atoms with Crippen LogP contribution >= 0.6 is 22.2 Å². The van der Waals surface area contributed by atoms with Gasteiger partial charge in [0.1, 0.15) is 0 Å². The van der Waals surface area contributed by atoms with Gasteiger partial charge in [0.05, 0.1) is 0 Å². The maximum Gasteiger partial charge on any atom is 0.228 e. The molecule has 1 aliphatic rings. The van der Waals surface area contributed by atoms with E-state index in [-0.39, 0.29) is 0 Å². The van der Waals surface area contributed by atoms with Gasteiger partial charge in [-0.2, -0.15) is 0 Å². The first kappa shape index (κ1) is 8.50. The summed E-state index contributed by atoms with van der Waals surface area (Å²) in [7, 11) is -1.15. The molecule has 1 unspecified atom stereocenters. The SMILES string of the molecule is Cl[Si](Cl)=CC1CC=CCC1. The first-order valence-electron chi connectivity index (χ1n) is 3.47. The van der Waals surface area contributed by atoms with E-state index in [2.05, 4.69) is 17.8 Å². The average Bonchev–Trinajstić information content (AvgIpc) is 1.88. The standard InChI is InChI=1S/C7H10Cl2Si/c8-10(9)6-7-4-2-1-3-5-7/h1-2,6-7H,3-5H2. The van der Waals surface area contributed by atoms with Gasteiger partial charge in [-0.25, -0.2) is 0 Å². The summed E-state index contributed by atoms with van der Waals surface area (Å²) in [5, 5.41) is 0. The topological polar surface area (TPSA) is 0 Å². The summed E-state index contributed by atoms with van der Waals surface area (Å²) in [6.07, 6.45) is 7.98. The Morgan fingerprint density at radius 2 is 2.20 bits per heavy atom. The van der Waals surface area contributed by atoms with Gasteiger partial charge < -0.3 is 0 Å². The zero-order valence-corrected chi connectivity index (χ0v) is 8.20. The lowest BCUT2D eigenvalue weighted by molar-refractivity contribution is 0.632. The van der Waals surface area contributed by atoms with Crippen LogP contribution in [0.5, 0.6) is 0 Å². The van der Waals surface area contributed by atoms with E-state index in [0.29, 0.717) is 5.92 Å². The predicted molar refractivity (Wildman–Crippen MR) is 50.0 cm³/mol. The Hall–Kier alpha value is 0.407. The van der Waals surface area contributed by atoms with Crippen LogP contribution in [0.3, 0.4) is 0 Å². The molecular formula is C7H10Cl2Si. The second-order valence-electron chi connectivity index (χ2n) is 2.50. The summed E-state index contributed by atoms with van der Waals surface area (Å²) in [4.78, 5) is 0. The molecule has 0 radical (unpaired) electrons. The Labute approximate surface area is 72.5 Å². The van der Waals surface area contributed by atoms with E-state index in [1.807, 2.05) is 0 Å². The molecule has 0 N–H and O–H groups in total. The lowest BCUT2D eigenvalue weighted by Crippen LogP contribution is -2.07. The highest BCUT2D eigenvalue weighted by Crippen LogP contribution is 2.16. The van der Waals surface area contributed by atoms with Gasteiger partial charge in [0.15, 0.2) is 0 Å². The van der Waals surface area contributed by atoms with Crippen LogP contribution in [0.2, 0.25) is 0 Å². The van der Waals surface area contributed by atoms with Crippen molar-refractivity contribution in [3.8, 4) is 0 Å². The molecule has 0 saturated carbocycles. The molecule has 1 atom stereocenters. The molecule has 0 aromatic rings. The third kappa shape index (κ3) is 3.00. The molecule has 0 bridgehead atoms. The van der Waals surface area contributed by atoms with Crippen molar-refractivity contribution in [2.75, 3.05) is 0 Å². The minimum atomic E-state index is -1.15. The van der Waals surface area contributed by atoms with Crippen molar-refractivity contribution >= 4 is 34.9 Å². The Morgan fingerprint density at radius 3 is 2.70 bits per heavy atom. The minimum absolute atomic E-state index is 0.647. The molecule has 0 aromatic heterocycles. The van der Waals surface area contributed by atoms with Crippen LogP contribution in [0.4, 0.5) is 0 Å². The molecule has 0 aromatic carbocycles. The van der Waals surface area contributed by atoms with Gasteiger partial charge in [0.25, 0.3) is 0 Å². The Morgan fingerprint density at radius 1 is 1.40 bits per heavy atom. The van der Waals surface area contributed by atoms with Gasteiger partial charge in [-0.15, -0.1) is 22.2 Å². The fourth-order valence-electron chi connectivity index (χ4n) is 1.15. The van der Waals surface area contributed by atoms with Gasteiger partial charge >= 0.3 is 0 Å². The molecule has 1 aliphatic carbocycles. The molecule has 0 spiro atoms. The molecule has 3 heteroatoms. The van der Waals surface area contributed by atoms with E-state index >= 15 is 0 Å².